The molecule has 2 aromatic rings. The van der Waals surface area contributed by atoms with Crippen molar-refractivity contribution in [2.24, 2.45) is 0 Å². The lowest BCUT2D eigenvalue weighted by Crippen LogP contribution is -2.13. The van der Waals surface area contributed by atoms with Gasteiger partial charge in [0.25, 0.3) is 0 Å². The molecule has 1 N–H and O–H groups in total. The third-order valence-corrected chi connectivity index (χ3v) is 3.18. The molecule has 2 rings (SSSR count). The lowest BCUT2D eigenvalue weighted by Gasteiger charge is -2.15. The lowest BCUT2D eigenvalue weighted by molar-refractivity contribution is -0.134. The van der Waals surface area contributed by atoms with E-state index in [4.69, 9.17) is 0 Å². The van der Waals surface area contributed by atoms with Crippen LogP contribution < -0.4 is 5.32 Å². The quantitative estimate of drug-likeness (QED) is 0.911. The Morgan fingerprint density at radius 3 is 2.64 bits per heavy atom. The minimum Gasteiger partial charge on any atom is -0.346 e. The molecule has 0 amide bonds. The van der Waals surface area contributed by atoms with E-state index in [2.05, 4.69) is 20.3 Å². The molecule has 22 heavy (non-hydrogen) atoms. The number of aryl methyl sites for hydroxylation is 2. The van der Waals surface area contributed by atoms with Crippen molar-refractivity contribution < 1.29 is 13.2 Å². The zero-order chi connectivity index (χ0) is 16.2. The summed E-state index contributed by atoms with van der Waals surface area (Å²) in [6, 6.07) is 5.15. The molecule has 0 spiro atoms. The molecule has 0 saturated carbocycles. The summed E-state index contributed by atoms with van der Waals surface area (Å²) < 4.78 is 36.8. The topological polar surface area (TPSA) is 50.7 Å². The van der Waals surface area contributed by atoms with Crippen LogP contribution in [0.5, 0.6) is 0 Å². The van der Waals surface area contributed by atoms with Gasteiger partial charge in [0, 0.05) is 24.5 Å². The first-order valence-electron chi connectivity index (χ1n) is 6.92. The zero-order valence-electron chi connectivity index (χ0n) is 12.4. The van der Waals surface area contributed by atoms with Crippen molar-refractivity contribution in [1.82, 2.24) is 15.0 Å². The van der Waals surface area contributed by atoms with Gasteiger partial charge in [-0.3, -0.25) is 4.98 Å². The van der Waals surface area contributed by atoms with Crippen LogP contribution in [0, 0.1) is 6.92 Å². The van der Waals surface area contributed by atoms with Gasteiger partial charge in [0.15, 0.2) is 0 Å². The largest absolute Gasteiger partial charge is 0.389 e. The summed E-state index contributed by atoms with van der Waals surface area (Å²) in [6.45, 7) is 3.85. The fourth-order valence-corrected chi connectivity index (χ4v) is 2.09. The molecule has 0 aliphatic rings. The van der Waals surface area contributed by atoms with Crippen LogP contribution in [0.4, 0.5) is 19.1 Å². The maximum absolute atomic E-state index is 12.3. The van der Waals surface area contributed by atoms with Gasteiger partial charge in [-0.15, -0.1) is 0 Å². The predicted octanol–water partition coefficient (Wildman–Crippen LogP) is 3.85. The van der Waals surface area contributed by atoms with E-state index in [1.165, 1.54) is 12.3 Å². The third-order valence-electron chi connectivity index (χ3n) is 3.18. The molecule has 2 aromatic heterocycles. The van der Waals surface area contributed by atoms with Crippen LogP contribution in [0.15, 0.2) is 30.6 Å². The Hall–Kier alpha value is -2.18. The molecule has 0 unspecified atom stereocenters. The van der Waals surface area contributed by atoms with Crippen LogP contribution in [0.3, 0.4) is 0 Å². The number of rotatable bonds is 5. The van der Waals surface area contributed by atoms with Gasteiger partial charge in [0.05, 0.1) is 11.7 Å². The van der Waals surface area contributed by atoms with E-state index in [-0.39, 0.29) is 12.5 Å². The van der Waals surface area contributed by atoms with Gasteiger partial charge in [-0.05, 0) is 38.0 Å². The number of hydrogen-bond acceptors (Lipinski definition) is 4. The van der Waals surface area contributed by atoms with Gasteiger partial charge in [-0.25, -0.2) is 9.97 Å². The van der Waals surface area contributed by atoms with Crippen molar-refractivity contribution in [3.8, 4) is 0 Å². The van der Waals surface area contributed by atoms with Crippen LogP contribution in [-0.2, 0) is 6.42 Å². The summed E-state index contributed by atoms with van der Waals surface area (Å²) in [5.74, 6) is 0.303. The second-order valence-electron chi connectivity index (χ2n) is 5.06. The van der Waals surface area contributed by atoms with Crippen molar-refractivity contribution >= 4 is 5.95 Å². The molecular formula is C15H17F3N4. The van der Waals surface area contributed by atoms with E-state index < -0.39 is 12.6 Å². The van der Waals surface area contributed by atoms with Gasteiger partial charge in [0.1, 0.15) is 0 Å². The molecule has 0 aromatic carbocycles. The van der Waals surface area contributed by atoms with Crippen LogP contribution in [0.25, 0.3) is 0 Å². The Morgan fingerprint density at radius 2 is 1.95 bits per heavy atom. The average molecular weight is 310 g/mol. The molecule has 118 valence electrons. The molecular weight excluding hydrogens is 293 g/mol. The average Bonchev–Trinajstić information content (AvgIpc) is 2.45. The third kappa shape index (κ3) is 4.68. The first-order valence-corrected chi connectivity index (χ1v) is 6.92. The number of anilines is 1. The number of nitrogens with zero attached hydrogens (tertiary/aromatic N) is 3. The van der Waals surface area contributed by atoms with Gasteiger partial charge in [-0.1, -0.05) is 6.07 Å². The Balaban J connectivity index is 2.05. The summed E-state index contributed by atoms with van der Waals surface area (Å²) in [4.78, 5) is 12.5. The maximum atomic E-state index is 12.3. The van der Waals surface area contributed by atoms with Gasteiger partial charge in [0.2, 0.25) is 5.95 Å². The van der Waals surface area contributed by atoms with Crippen molar-refractivity contribution in [2.75, 3.05) is 5.32 Å². The Morgan fingerprint density at radius 1 is 1.18 bits per heavy atom. The SMILES string of the molecule is Cc1cccnc1[C@H](C)Nc1nccc(CCC(F)(F)F)n1. The molecule has 4 nitrogen and oxygen atoms in total. The number of hydrogen-bond donors (Lipinski definition) is 1. The summed E-state index contributed by atoms with van der Waals surface area (Å²) >= 11 is 0. The maximum Gasteiger partial charge on any atom is 0.389 e. The molecule has 0 aliphatic heterocycles. The predicted molar refractivity (Wildman–Crippen MR) is 77.4 cm³/mol. The smallest absolute Gasteiger partial charge is 0.346 e. The molecule has 0 radical (unpaired) electrons. The fourth-order valence-electron chi connectivity index (χ4n) is 2.09. The second kappa shape index (κ2) is 6.72. The van der Waals surface area contributed by atoms with Crippen molar-refractivity contribution in [3.05, 3.63) is 47.5 Å². The zero-order valence-corrected chi connectivity index (χ0v) is 12.4. The number of alkyl halides is 3. The van der Waals surface area contributed by atoms with E-state index in [0.29, 0.717) is 11.6 Å². The number of pyridine rings is 1. The first kappa shape index (κ1) is 16.2. The Labute approximate surface area is 126 Å². The number of halogens is 3. The summed E-state index contributed by atoms with van der Waals surface area (Å²) in [5.41, 5.74) is 2.24. The summed E-state index contributed by atoms with van der Waals surface area (Å²) in [7, 11) is 0. The van der Waals surface area contributed by atoms with E-state index in [1.54, 1.807) is 6.20 Å². The van der Waals surface area contributed by atoms with Crippen LogP contribution >= 0.6 is 0 Å². The normalized spacial score (nSPS) is 13.0. The minimum absolute atomic E-state index is 0.140. The lowest BCUT2D eigenvalue weighted by atomic mass is 10.1. The van der Waals surface area contributed by atoms with Crippen LogP contribution in [-0.4, -0.2) is 21.1 Å². The van der Waals surface area contributed by atoms with Gasteiger partial charge >= 0.3 is 6.18 Å². The minimum atomic E-state index is -4.18. The summed E-state index contributed by atoms with van der Waals surface area (Å²) in [5, 5.41) is 3.07. The molecule has 0 saturated heterocycles. The number of nitrogens with one attached hydrogen (secondary N) is 1. The van der Waals surface area contributed by atoms with Crippen molar-refractivity contribution in [2.45, 2.75) is 38.9 Å². The molecule has 0 fully saturated rings. The molecule has 0 aliphatic carbocycles. The highest BCUT2D eigenvalue weighted by atomic mass is 19.4. The monoisotopic (exact) mass is 310 g/mol. The molecule has 0 bridgehead atoms. The van der Waals surface area contributed by atoms with Crippen LogP contribution in [0.1, 0.15) is 36.3 Å². The Bertz CT molecular complexity index is 628. The number of aromatic nitrogens is 3. The summed E-state index contributed by atoms with van der Waals surface area (Å²) in [6.07, 6.45) is -2.08. The highest BCUT2D eigenvalue weighted by Gasteiger charge is 2.26. The highest BCUT2D eigenvalue weighted by molar-refractivity contribution is 5.32. The molecule has 2 heterocycles. The van der Waals surface area contributed by atoms with E-state index >= 15 is 0 Å². The van der Waals surface area contributed by atoms with Gasteiger partial charge in [-0.2, -0.15) is 13.2 Å². The van der Waals surface area contributed by atoms with Crippen molar-refractivity contribution in [3.63, 3.8) is 0 Å². The Kier molecular flexibility index (Phi) is 4.95. The van der Waals surface area contributed by atoms with E-state index in [1.807, 2.05) is 26.0 Å². The highest BCUT2D eigenvalue weighted by Crippen LogP contribution is 2.22. The molecule has 1 atom stereocenters. The van der Waals surface area contributed by atoms with E-state index in [0.717, 1.165) is 11.3 Å². The second-order valence-corrected chi connectivity index (χ2v) is 5.06. The fraction of sp³-hybridized carbons (Fsp3) is 0.400. The van der Waals surface area contributed by atoms with Crippen LogP contribution in [0.2, 0.25) is 0 Å². The van der Waals surface area contributed by atoms with Gasteiger partial charge < -0.3 is 5.32 Å². The standard InChI is InChI=1S/C15H17F3N4/c1-10-4-3-8-19-13(10)11(2)21-14-20-9-6-12(22-14)5-7-15(16,17)18/h3-4,6,8-9,11H,5,7H2,1-2H3,(H,20,21,22)/t11-/m0/s1. The molecule has 7 heteroatoms. The first-order chi connectivity index (χ1) is 10.3. The van der Waals surface area contributed by atoms with Crippen molar-refractivity contribution in [1.29, 1.82) is 0 Å². The van der Waals surface area contributed by atoms with E-state index in [9.17, 15) is 13.2 Å².